The van der Waals surface area contributed by atoms with E-state index in [1.54, 1.807) is 12.5 Å². The van der Waals surface area contributed by atoms with Gasteiger partial charge in [-0.05, 0) is 24.8 Å². The van der Waals surface area contributed by atoms with E-state index < -0.39 is 0 Å². The van der Waals surface area contributed by atoms with E-state index in [0.29, 0.717) is 5.92 Å². The Bertz CT molecular complexity index is 569. The van der Waals surface area contributed by atoms with Gasteiger partial charge in [0.1, 0.15) is 6.33 Å². The van der Waals surface area contributed by atoms with Gasteiger partial charge in [-0.15, -0.1) is 0 Å². The lowest BCUT2D eigenvalue weighted by atomic mass is 9.42. The maximum atomic E-state index is 6.27. The van der Waals surface area contributed by atoms with E-state index in [2.05, 4.69) is 15.0 Å². The quantitative estimate of drug-likeness (QED) is 0.772. The average Bonchev–Trinajstić information content (AvgIpc) is 2.26. The van der Waals surface area contributed by atoms with Crippen LogP contribution in [0.4, 0.5) is 0 Å². The molecule has 80 valence electrons. The number of rotatable bonds is 1. The molecule has 0 aromatic carbocycles. The highest BCUT2D eigenvalue weighted by Crippen LogP contribution is 2.65. The molecule has 16 heavy (non-hydrogen) atoms. The molecule has 1 unspecified atom stereocenters. The third kappa shape index (κ3) is 0.865. The average molecular weight is 212 g/mol. The van der Waals surface area contributed by atoms with Crippen molar-refractivity contribution in [2.24, 2.45) is 11.7 Å². The van der Waals surface area contributed by atoms with Crippen LogP contribution in [0.25, 0.3) is 10.9 Å². The normalized spacial score (nSPS) is 35.6. The summed E-state index contributed by atoms with van der Waals surface area (Å²) in [6, 6.07) is 1.92. The van der Waals surface area contributed by atoms with Gasteiger partial charge in [0.25, 0.3) is 0 Å². The van der Waals surface area contributed by atoms with Crippen molar-refractivity contribution in [2.75, 3.05) is 0 Å². The van der Waals surface area contributed by atoms with Crippen LogP contribution in [0.2, 0.25) is 0 Å². The van der Waals surface area contributed by atoms with Gasteiger partial charge in [-0.3, -0.25) is 4.98 Å². The van der Waals surface area contributed by atoms with Crippen molar-refractivity contribution in [3.05, 3.63) is 30.5 Å². The maximum absolute atomic E-state index is 6.27. The van der Waals surface area contributed by atoms with Gasteiger partial charge in [-0.25, -0.2) is 9.97 Å². The lowest BCUT2D eigenvalue weighted by molar-refractivity contribution is -0.0578. The molecule has 0 amide bonds. The largest absolute Gasteiger partial charge is 0.324 e. The van der Waals surface area contributed by atoms with Crippen molar-refractivity contribution >= 4 is 10.9 Å². The topological polar surface area (TPSA) is 64.7 Å². The molecule has 2 N–H and O–H groups in total. The Balaban J connectivity index is 1.92. The van der Waals surface area contributed by atoms with E-state index in [1.165, 1.54) is 0 Å². The predicted octanol–water partition coefficient (Wildman–Crippen LogP) is 1.23. The van der Waals surface area contributed by atoms with Crippen molar-refractivity contribution in [2.45, 2.75) is 24.3 Å². The van der Waals surface area contributed by atoms with Crippen molar-refractivity contribution in [1.82, 2.24) is 15.0 Å². The first-order valence-electron chi connectivity index (χ1n) is 5.61. The van der Waals surface area contributed by atoms with E-state index in [1.807, 2.05) is 12.3 Å². The van der Waals surface area contributed by atoms with E-state index in [0.717, 1.165) is 35.4 Å². The number of nitrogens with two attached hydrogens (primary N) is 1. The van der Waals surface area contributed by atoms with Crippen molar-refractivity contribution in [3.8, 4) is 0 Å². The van der Waals surface area contributed by atoms with Crippen LogP contribution in [0, 0.1) is 5.92 Å². The summed E-state index contributed by atoms with van der Waals surface area (Å²) in [5.74, 6) is 1.17. The standard InChI is InChI=1S/C12H12N4/c13-12-3-7(4-12)10(12)11-8-5-14-2-1-9(8)15-6-16-11/h1-2,5-7,10H,3-4,13H2. The number of aromatic nitrogens is 3. The van der Waals surface area contributed by atoms with Crippen LogP contribution in [0.3, 0.4) is 0 Å². The van der Waals surface area contributed by atoms with Gasteiger partial charge in [0.15, 0.2) is 0 Å². The third-order valence-corrected chi connectivity index (χ3v) is 4.14. The molecule has 5 rings (SSSR count). The second-order valence-electron chi connectivity index (χ2n) is 5.03. The summed E-state index contributed by atoms with van der Waals surface area (Å²) < 4.78 is 0. The van der Waals surface area contributed by atoms with Crippen molar-refractivity contribution in [3.63, 3.8) is 0 Å². The lowest BCUT2D eigenvalue weighted by Crippen LogP contribution is -2.71. The Morgan fingerprint density at radius 1 is 1.31 bits per heavy atom. The first-order valence-corrected chi connectivity index (χ1v) is 5.61. The third-order valence-electron chi connectivity index (χ3n) is 4.14. The van der Waals surface area contributed by atoms with Gasteiger partial charge in [0.2, 0.25) is 0 Å². The summed E-state index contributed by atoms with van der Waals surface area (Å²) in [6.07, 6.45) is 7.57. The smallest absolute Gasteiger partial charge is 0.116 e. The SMILES string of the molecule is NC12CC(C1)C2c1ncnc2ccncc12. The summed E-state index contributed by atoms with van der Waals surface area (Å²) >= 11 is 0. The minimum atomic E-state index is 0.0157. The van der Waals surface area contributed by atoms with Gasteiger partial charge in [-0.2, -0.15) is 0 Å². The van der Waals surface area contributed by atoms with E-state index in [-0.39, 0.29) is 5.54 Å². The van der Waals surface area contributed by atoms with Gasteiger partial charge in [0, 0.05) is 29.2 Å². The molecule has 3 aliphatic carbocycles. The fourth-order valence-electron chi connectivity index (χ4n) is 3.22. The molecule has 0 radical (unpaired) electrons. The number of nitrogens with zero attached hydrogens (tertiary/aromatic N) is 3. The van der Waals surface area contributed by atoms with Crippen molar-refractivity contribution in [1.29, 1.82) is 0 Å². The summed E-state index contributed by atoms with van der Waals surface area (Å²) in [7, 11) is 0. The van der Waals surface area contributed by atoms with Crippen LogP contribution in [-0.2, 0) is 0 Å². The van der Waals surface area contributed by atoms with Crippen LogP contribution >= 0.6 is 0 Å². The Hall–Kier alpha value is -1.55. The van der Waals surface area contributed by atoms with Crippen LogP contribution < -0.4 is 5.73 Å². The fraction of sp³-hybridized carbons (Fsp3) is 0.417. The van der Waals surface area contributed by atoms with Gasteiger partial charge >= 0.3 is 0 Å². The molecule has 0 aliphatic heterocycles. The number of fused-ring (bicyclic) bond motifs is 1. The minimum absolute atomic E-state index is 0.0157. The Kier molecular flexibility index (Phi) is 1.38. The number of pyridine rings is 1. The van der Waals surface area contributed by atoms with Crippen LogP contribution in [0.5, 0.6) is 0 Å². The highest BCUT2D eigenvalue weighted by atomic mass is 15.0. The Morgan fingerprint density at radius 3 is 2.88 bits per heavy atom. The second-order valence-corrected chi connectivity index (χ2v) is 5.03. The monoisotopic (exact) mass is 212 g/mol. The maximum Gasteiger partial charge on any atom is 0.116 e. The molecule has 2 bridgehead atoms. The molecule has 4 heteroatoms. The molecule has 2 aromatic heterocycles. The van der Waals surface area contributed by atoms with E-state index in [9.17, 15) is 0 Å². The summed E-state index contributed by atoms with van der Waals surface area (Å²) in [5.41, 5.74) is 8.36. The zero-order chi connectivity index (χ0) is 10.8. The number of hydrogen-bond donors (Lipinski definition) is 1. The lowest BCUT2D eigenvalue weighted by Gasteiger charge is -2.66. The summed E-state index contributed by atoms with van der Waals surface area (Å²) in [5, 5.41) is 1.06. The van der Waals surface area contributed by atoms with Crippen LogP contribution in [0.15, 0.2) is 24.8 Å². The summed E-state index contributed by atoms with van der Waals surface area (Å²) in [4.78, 5) is 12.8. The van der Waals surface area contributed by atoms with Gasteiger partial charge in [-0.1, -0.05) is 0 Å². The molecule has 4 nitrogen and oxygen atoms in total. The van der Waals surface area contributed by atoms with Crippen molar-refractivity contribution < 1.29 is 0 Å². The molecule has 3 fully saturated rings. The fourth-order valence-corrected chi connectivity index (χ4v) is 3.22. The molecular weight excluding hydrogens is 200 g/mol. The second kappa shape index (κ2) is 2.58. The molecule has 0 spiro atoms. The molecular formula is C12H12N4. The first kappa shape index (κ1) is 8.58. The molecule has 0 saturated heterocycles. The van der Waals surface area contributed by atoms with Gasteiger partial charge < -0.3 is 5.73 Å². The molecule has 2 heterocycles. The van der Waals surface area contributed by atoms with Gasteiger partial charge in [0.05, 0.1) is 11.2 Å². The van der Waals surface area contributed by atoms with E-state index >= 15 is 0 Å². The molecule has 1 atom stereocenters. The van der Waals surface area contributed by atoms with Crippen LogP contribution in [-0.4, -0.2) is 20.5 Å². The van der Waals surface area contributed by atoms with Crippen LogP contribution in [0.1, 0.15) is 24.5 Å². The summed E-state index contributed by atoms with van der Waals surface area (Å²) in [6.45, 7) is 0. The Labute approximate surface area is 92.9 Å². The molecule has 3 saturated carbocycles. The zero-order valence-corrected chi connectivity index (χ0v) is 8.80. The number of hydrogen-bond acceptors (Lipinski definition) is 4. The molecule has 3 aliphatic rings. The highest BCUT2D eigenvalue weighted by Gasteiger charge is 2.64. The Morgan fingerprint density at radius 2 is 2.19 bits per heavy atom. The molecule has 2 aromatic rings. The predicted molar refractivity (Wildman–Crippen MR) is 59.7 cm³/mol. The first-order chi connectivity index (χ1) is 7.78. The minimum Gasteiger partial charge on any atom is -0.324 e. The zero-order valence-electron chi connectivity index (χ0n) is 8.80. The highest BCUT2D eigenvalue weighted by molar-refractivity contribution is 5.80. The van der Waals surface area contributed by atoms with E-state index in [4.69, 9.17) is 5.73 Å².